The number of rotatable bonds is 6. The standard InChI is InChI=1S/C21H25N3OS/c22-20(25)12-14-8-10-15(11-9-14)23-19-13-21(26-16-4-1-2-5-16)24-18-7-3-6-17(18)19/h8-11,13,16H,1-7,12H2,(H2,22,25)(H,23,24). The van der Waals surface area contributed by atoms with E-state index < -0.39 is 0 Å². The van der Waals surface area contributed by atoms with Crippen LogP contribution >= 0.6 is 11.8 Å². The second-order valence-corrected chi connectivity index (χ2v) is 8.60. The van der Waals surface area contributed by atoms with Crippen LogP contribution in [0.3, 0.4) is 0 Å². The van der Waals surface area contributed by atoms with Crippen molar-refractivity contribution in [3.8, 4) is 0 Å². The van der Waals surface area contributed by atoms with E-state index >= 15 is 0 Å². The van der Waals surface area contributed by atoms with Crippen molar-refractivity contribution < 1.29 is 4.79 Å². The molecule has 0 atom stereocenters. The summed E-state index contributed by atoms with van der Waals surface area (Å²) in [6.07, 6.45) is 8.98. The number of aryl methyl sites for hydroxylation is 1. The summed E-state index contributed by atoms with van der Waals surface area (Å²) >= 11 is 1.95. The van der Waals surface area contributed by atoms with Crippen LogP contribution in [0.25, 0.3) is 0 Å². The van der Waals surface area contributed by atoms with E-state index in [0.29, 0.717) is 0 Å². The first-order valence-electron chi connectivity index (χ1n) is 9.51. The highest BCUT2D eigenvalue weighted by atomic mass is 32.2. The maximum absolute atomic E-state index is 11.0. The SMILES string of the molecule is NC(=O)Cc1ccc(Nc2cc(SC3CCCC3)nc3c2CCC3)cc1. The first-order valence-corrected chi connectivity index (χ1v) is 10.4. The average molecular weight is 368 g/mol. The van der Waals surface area contributed by atoms with Crippen LogP contribution in [0.2, 0.25) is 0 Å². The lowest BCUT2D eigenvalue weighted by Gasteiger charge is -2.15. The number of thioether (sulfide) groups is 1. The minimum atomic E-state index is -0.300. The summed E-state index contributed by atoms with van der Waals surface area (Å²) in [4.78, 5) is 16.0. The number of pyridine rings is 1. The van der Waals surface area contributed by atoms with E-state index in [4.69, 9.17) is 10.7 Å². The lowest BCUT2D eigenvalue weighted by molar-refractivity contribution is -0.117. The zero-order valence-corrected chi connectivity index (χ0v) is 15.8. The van der Waals surface area contributed by atoms with Crippen molar-refractivity contribution in [1.29, 1.82) is 0 Å². The molecular formula is C21H25N3OS. The summed E-state index contributed by atoms with van der Waals surface area (Å²) < 4.78 is 0. The molecule has 2 aliphatic rings. The zero-order chi connectivity index (χ0) is 17.9. The number of nitrogens with one attached hydrogen (secondary N) is 1. The molecule has 0 unspecified atom stereocenters. The van der Waals surface area contributed by atoms with Crippen molar-refractivity contribution in [2.75, 3.05) is 5.32 Å². The summed E-state index contributed by atoms with van der Waals surface area (Å²) in [7, 11) is 0. The van der Waals surface area contributed by atoms with Crippen LogP contribution in [0.1, 0.15) is 48.9 Å². The number of nitrogens with two attached hydrogens (primary N) is 1. The average Bonchev–Trinajstić information content (AvgIpc) is 3.28. The number of nitrogens with zero attached hydrogens (tertiary/aromatic N) is 1. The van der Waals surface area contributed by atoms with Crippen LogP contribution < -0.4 is 11.1 Å². The molecule has 0 bridgehead atoms. The van der Waals surface area contributed by atoms with Crippen LogP contribution in [-0.4, -0.2) is 16.1 Å². The Morgan fingerprint density at radius 2 is 1.92 bits per heavy atom. The molecule has 2 aliphatic carbocycles. The van der Waals surface area contributed by atoms with Crippen molar-refractivity contribution >= 4 is 29.0 Å². The van der Waals surface area contributed by atoms with Gasteiger partial charge in [-0.3, -0.25) is 4.79 Å². The molecule has 136 valence electrons. The fraction of sp³-hybridized carbons (Fsp3) is 0.429. The predicted molar refractivity (Wildman–Crippen MR) is 107 cm³/mol. The van der Waals surface area contributed by atoms with Gasteiger partial charge in [-0.25, -0.2) is 4.98 Å². The zero-order valence-electron chi connectivity index (χ0n) is 15.0. The number of aromatic nitrogens is 1. The van der Waals surface area contributed by atoms with Gasteiger partial charge in [-0.1, -0.05) is 25.0 Å². The second kappa shape index (κ2) is 7.70. The van der Waals surface area contributed by atoms with Crippen molar-refractivity contribution in [3.63, 3.8) is 0 Å². The first kappa shape index (κ1) is 17.4. The van der Waals surface area contributed by atoms with Crippen molar-refractivity contribution in [1.82, 2.24) is 4.98 Å². The first-order chi connectivity index (χ1) is 12.7. The van der Waals surface area contributed by atoms with Gasteiger partial charge in [0.15, 0.2) is 0 Å². The Morgan fingerprint density at radius 1 is 1.15 bits per heavy atom. The molecule has 1 saturated carbocycles. The molecular weight excluding hydrogens is 342 g/mol. The highest BCUT2D eigenvalue weighted by molar-refractivity contribution is 7.99. The third-order valence-electron chi connectivity index (χ3n) is 5.23. The number of hydrogen-bond donors (Lipinski definition) is 2. The van der Waals surface area contributed by atoms with Gasteiger partial charge in [0.25, 0.3) is 0 Å². The van der Waals surface area contributed by atoms with Gasteiger partial charge in [0, 0.05) is 22.3 Å². The fourth-order valence-electron chi connectivity index (χ4n) is 3.93. The number of amides is 1. The van der Waals surface area contributed by atoms with E-state index in [1.54, 1.807) is 0 Å². The minimum Gasteiger partial charge on any atom is -0.369 e. The summed E-state index contributed by atoms with van der Waals surface area (Å²) in [5.74, 6) is -0.300. The molecule has 26 heavy (non-hydrogen) atoms. The second-order valence-electron chi connectivity index (χ2n) is 7.28. The van der Waals surface area contributed by atoms with Gasteiger partial charge in [0.2, 0.25) is 5.91 Å². The molecule has 1 aromatic carbocycles. The molecule has 2 aromatic rings. The molecule has 3 N–H and O–H groups in total. The fourth-order valence-corrected chi connectivity index (χ4v) is 5.19. The van der Waals surface area contributed by atoms with Gasteiger partial charge in [-0.05, 0) is 61.4 Å². The van der Waals surface area contributed by atoms with Crippen molar-refractivity contribution in [2.24, 2.45) is 5.73 Å². The number of fused-ring (bicyclic) bond motifs is 1. The Kier molecular flexibility index (Phi) is 5.16. The Labute approximate surface area is 159 Å². The summed E-state index contributed by atoms with van der Waals surface area (Å²) in [6, 6.07) is 10.2. The van der Waals surface area contributed by atoms with Crippen LogP contribution in [0.4, 0.5) is 11.4 Å². The molecule has 1 amide bonds. The number of primary amides is 1. The van der Waals surface area contributed by atoms with Crippen molar-refractivity contribution in [2.45, 2.75) is 61.6 Å². The Morgan fingerprint density at radius 3 is 2.65 bits per heavy atom. The molecule has 0 radical (unpaired) electrons. The van der Waals surface area contributed by atoms with Crippen LogP contribution in [0.5, 0.6) is 0 Å². The molecule has 1 heterocycles. The van der Waals surface area contributed by atoms with E-state index in [0.717, 1.165) is 34.4 Å². The van der Waals surface area contributed by atoms with Crippen LogP contribution in [0, 0.1) is 0 Å². The van der Waals surface area contributed by atoms with E-state index in [-0.39, 0.29) is 12.3 Å². The smallest absolute Gasteiger partial charge is 0.221 e. The number of benzene rings is 1. The predicted octanol–water partition coefficient (Wildman–Crippen LogP) is 4.38. The number of hydrogen-bond acceptors (Lipinski definition) is 4. The summed E-state index contributed by atoms with van der Waals surface area (Å²) in [6.45, 7) is 0. The van der Waals surface area contributed by atoms with Gasteiger partial charge >= 0.3 is 0 Å². The minimum absolute atomic E-state index is 0.285. The molecule has 0 saturated heterocycles. The van der Waals surface area contributed by atoms with Gasteiger partial charge in [-0.15, -0.1) is 11.8 Å². The van der Waals surface area contributed by atoms with Gasteiger partial charge in [0.1, 0.15) is 0 Å². The number of anilines is 2. The van der Waals surface area contributed by atoms with Gasteiger partial charge in [0.05, 0.1) is 11.4 Å². The van der Waals surface area contributed by atoms with Crippen molar-refractivity contribution in [3.05, 3.63) is 47.2 Å². The Bertz CT molecular complexity index is 798. The van der Waals surface area contributed by atoms with Gasteiger partial charge in [-0.2, -0.15) is 0 Å². The highest BCUT2D eigenvalue weighted by Crippen LogP contribution is 2.38. The Balaban J connectivity index is 1.54. The molecule has 5 heteroatoms. The highest BCUT2D eigenvalue weighted by Gasteiger charge is 2.21. The molecule has 1 aromatic heterocycles. The van der Waals surface area contributed by atoms with E-state index in [1.807, 2.05) is 36.0 Å². The maximum atomic E-state index is 11.0. The third kappa shape index (κ3) is 4.04. The van der Waals surface area contributed by atoms with Crippen LogP contribution in [0.15, 0.2) is 35.4 Å². The lowest BCUT2D eigenvalue weighted by Crippen LogP contribution is -2.13. The number of carbonyl (C=O) groups excluding carboxylic acids is 1. The molecule has 1 fully saturated rings. The normalized spacial score (nSPS) is 16.6. The monoisotopic (exact) mass is 367 g/mol. The Hall–Kier alpha value is -2.01. The van der Waals surface area contributed by atoms with E-state index in [2.05, 4.69) is 11.4 Å². The largest absolute Gasteiger partial charge is 0.369 e. The molecule has 0 spiro atoms. The van der Waals surface area contributed by atoms with Crippen LogP contribution in [-0.2, 0) is 24.1 Å². The summed E-state index contributed by atoms with van der Waals surface area (Å²) in [5, 5.41) is 5.46. The third-order valence-corrected chi connectivity index (χ3v) is 6.48. The van der Waals surface area contributed by atoms with E-state index in [9.17, 15) is 4.79 Å². The number of carbonyl (C=O) groups is 1. The van der Waals surface area contributed by atoms with Gasteiger partial charge < -0.3 is 11.1 Å². The quantitative estimate of drug-likeness (QED) is 0.795. The van der Waals surface area contributed by atoms with E-state index in [1.165, 1.54) is 49.0 Å². The molecule has 0 aliphatic heterocycles. The molecule has 4 nitrogen and oxygen atoms in total. The summed E-state index contributed by atoms with van der Waals surface area (Å²) in [5.41, 5.74) is 11.1. The molecule has 4 rings (SSSR count). The lowest BCUT2D eigenvalue weighted by atomic mass is 10.1. The maximum Gasteiger partial charge on any atom is 0.221 e. The topological polar surface area (TPSA) is 68.0 Å².